The molecule has 0 aromatic carbocycles. The number of thiophene rings is 1. The average molecular weight is 203 g/mol. The normalized spacial score (nSPS) is 10.9. The van der Waals surface area contributed by atoms with Crippen LogP contribution in [0.15, 0.2) is 30.2 Å². The van der Waals surface area contributed by atoms with Gasteiger partial charge in [0.15, 0.2) is 5.82 Å². The van der Waals surface area contributed by atoms with E-state index in [-0.39, 0.29) is 0 Å². The molecule has 0 radical (unpaired) electrons. The summed E-state index contributed by atoms with van der Waals surface area (Å²) in [7, 11) is 0. The van der Waals surface area contributed by atoms with Crippen molar-refractivity contribution in [1.82, 2.24) is 24.6 Å². The first-order chi connectivity index (χ1) is 6.93. The van der Waals surface area contributed by atoms with Gasteiger partial charge in [0.2, 0.25) is 0 Å². The molecule has 0 fully saturated rings. The Labute approximate surface area is 83.1 Å². The van der Waals surface area contributed by atoms with Gasteiger partial charge in [0.1, 0.15) is 12.7 Å². The zero-order valence-corrected chi connectivity index (χ0v) is 7.85. The van der Waals surface area contributed by atoms with Gasteiger partial charge in [0, 0.05) is 0 Å². The molecule has 0 amide bonds. The number of nitrogens with zero attached hydrogens (tertiary/aromatic N) is 5. The van der Waals surface area contributed by atoms with Crippen molar-refractivity contribution in [2.75, 3.05) is 0 Å². The Morgan fingerprint density at radius 3 is 3.14 bits per heavy atom. The van der Waals surface area contributed by atoms with Crippen molar-refractivity contribution in [1.29, 1.82) is 0 Å². The molecule has 0 spiro atoms. The molecule has 3 rings (SSSR count). The van der Waals surface area contributed by atoms with Crippen LogP contribution in [0.5, 0.6) is 0 Å². The molecule has 0 N–H and O–H groups in total. The van der Waals surface area contributed by atoms with Crippen LogP contribution in [-0.2, 0) is 0 Å². The highest BCUT2D eigenvalue weighted by molar-refractivity contribution is 7.13. The molecule has 0 saturated heterocycles. The first kappa shape index (κ1) is 7.57. The maximum atomic E-state index is 4.27. The fourth-order valence-electron chi connectivity index (χ4n) is 1.17. The van der Waals surface area contributed by atoms with E-state index >= 15 is 0 Å². The smallest absolute Gasteiger partial charge is 0.225 e. The third kappa shape index (κ3) is 1.08. The number of rotatable bonds is 1. The van der Waals surface area contributed by atoms with E-state index in [1.54, 1.807) is 22.2 Å². The lowest BCUT2D eigenvalue weighted by Gasteiger charge is -1.83. The van der Waals surface area contributed by atoms with E-state index in [9.17, 15) is 0 Å². The van der Waals surface area contributed by atoms with Gasteiger partial charge in [-0.3, -0.25) is 0 Å². The minimum absolute atomic E-state index is 0.573. The average Bonchev–Trinajstić information content (AvgIpc) is 2.86. The quantitative estimate of drug-likeness (QED) is 0.597. The Hall–Kier alpha value is -1.82. The minimum Gasteiger partial charge on any atom is -0.225 e. The zero-order valence-electron chi connectivity index (χ0n) is 7.03. The van der Waals surface area contributed by atoms with Crippen LogP contribution in [0.4, 0.5) is 0 Å². The molecule has 14 heavy (non-hydrogen) atoms. The van der Waals surface area contributed by atoms with Gasteiger partial charge in [-0.25, -0.2) is 4.98 Å². The molecule has 0 bridgehead atoms. The Morgan fingerprint density at radius 1 is 1.36 bits per heavy atom. The van der Waals surface area contributed by atoms with Crippen molar-refractivity contribution in [3.05, 3.63) is 30.2 Å². The van der Waals surface area contributed by atoms with Gasteiger partial charge < -0.3 is 0 Å². The summed E-state index contributed by atoms with van der Waals surface area (Å²) in [6, 6.07) is 3.95. The summed E-state index contributed by atoms with van der Waals surface area (Å²) in [5.74, 6) is 1.27. The molecule has 3 aromatic heterocycles. The fourth-order valence-corrected chi connectivity index (χ4v) is 1.82. The van der Waals surface area contributed by atoms with Crippen LogP contribution in [0.1, 0.15) is 0 Å². The van der Waals surface area contributed by atoms with Crippen molar-refractivity contribution in [2.45, 2.75) is 0 Å². The Morgan fingerprint density at radius 2 is 2.36 bits per heavy atom. The second kappa shape index (κ2) is 2.85. The second-order valence-electron chi connectivity index (χ2n) is 2.67. The van der Waals surface area contributed by atoms with E-state index in [0.29, 0.717) is 11.6 Å². The van der Waals surface area contributed by atoms with Crippen molar-refractivity contribution in [2.24, 2.45) is 0 Å². The van der Waals surface area contributed by atoms with Crippen LogP contribution >= 0.6 is 11.3 Å². The highest BCUT2D eigenvalue weighted by Gasteiger charge is 2.06. The molecule has 6 heteroatoms. The molecule has 0 aliphatic rings. The fraction of sp³-hybridized carbons (Fsp3) is 0. The van der Waals surface area contributed by atoms with Gasteiger partial charge in [-0.2, -0.15) is 14.5 Å². The summed E-state index contributed by atoms with van der Waals surface area (Å²) in [6.45, 7) is 0. The summed E-state index contributed by atoms with van der Waals surface area (Å²) in [6.07, 6.45) is 3.05. The maximum Gasteiger partial charge on any atom is 0.255 e. The van der Waals surface area contributed by atoms with E-state index in [4.69, 9.17) is 0 Å². The number of fused-ring (bicyclic) bond motifs is 1. The van der Waals surface area contributed by atoms with Gasteiger partial charge in [-0.15, -0.1) is 16.4 Å². The molecule has 0 aliphatic heterocycles. The topological polar surface area (TPSA) is 56.0 Å². The molecule has 3 heterocycles. The summed E-state index contributed by atoms with van der Waals surface area (Å²) >= 11 is 1.60. The standard InChI is InChI=1S/C8H5N5S/c1-2-6(14-3-1)7-11-8-10-4-9-5-13(8)12-7/h1-5H. The molecule has 0 saturated carbocycles. The second-order valence-corrected chi connectivity index (χ2v) is 3.61. The van der Waals surface area contributed by atoms with E-state index in [2.05, 4.69) is 20.1 Å². The lowest BCUT2D eigenvalue weighted by atomic mass is 10.4. The molecule has 0 aliphatic carbocycles. The van der Waals surface area contributed by atoms with Crippen LogP contribution in [0.25, 0.3) is 16.5 Å². The van der Waals surface area contributed by atoms with Gasteiger partial charge in [-0.05, 0) is 11.4 Å². The van der Waals surface area contributed by atoms with Crippen LogP contribution in [0, 0.1) is 0 Å². The third-order valence-corrected chi connectivity index (χ3v) is 2.64. The van der Waals surface area contributed by atoms with Crippen LogP contribution < -0.4 is 0 Å². The summed E-state index contributed by atoms with van der Waals surface area (Å²) in [5.41, 5.74) is 0. The van der Waals surface area contributed by atoms with Crippen LogP contribution in [0.3, 0.4) is 0 Å². The molecule has 0 unspecified atom stereocenters. The predicted octanol–water partition coefficient (Wildman–Crippen LogP) is 1.25. The van der Waals surface area contributed by atoms with Crippen molar-refractivity contribution >= 4 is 17.1 Å². The zero-order chi connectivity index (χ0) is 9.38. The Bertz CT molecular complexity index is 523. The van der Waals surface area contributed by atoms with E-state index in [0.717, 1.165) is 4.88 Å². The summed E-state index contributed by atoms with van der Waals surface area (Å²) in [4.78, 5) is 13.2. The maximum absolute atomic E-state index is 4.27. The van der Waals surface area contributed by atoms with Gasteiger partial charge in [-0.1, -0.05) is 6.07 Å². The van der Waals surface area contributed by atoms with E-state index < -0.39 is 0 Å². The number of aromatic nitrogens is 5. The van der Waals surface area contributed by atoms with Crippen LogP contribution in [0.2, 0.25) is 0 Å². The summed E-state index contributed by atoms with van der Waals surface area (Å²) < 4.78 is 1.56. The molecule has 68 valence electrons. The van der Waals surface area contributed by atoms with Gasteiger partial charge >= 0.3 is 0 Å². The van der Waals surface area contributed by atoms with Crippen molar-refractivity contribution in [3.8, 4) is 10.7 Å². The molecular weight excluding hydrogens is 198 g/mol. The lowest BCUT2D eigenvalue weighted by molar-refractivity contribution is 0.893. The van der Waals surface area contributed by atoms with Crippen LogP contribution in [-0.4, -0.2) is 24.6 Å². The predicted molar refractivity (Wildman–Crippen MR) is 51.9 cm³/mol. The third-order valence-electron chi connectivity index (χ3n) is 1.77. The van der Waals surface area contributed by atoms with Crippen molar-refractivity contribution < 1.29 is 0 Å². The van der Waals surface area contributed by atoms with E-state index in [1.165, 1.54) is 6.33 Å². The first-order valence-electron chi connectivity index (χ1n) is 4.00. The monoisotopic (exact) mass is 203 g/mol. The highest BCUT2D eigenvalue weighted by atomic mass is 32.1. The first-order valence-corrected chi connectivity index (χ1v) is 4.88. The molecule has 5 nitrogen and oxygen atoms in total. The number of hydrogen-bond acceptors (Lipinski definition) is 5. The molecule has 0 atom stereocenters. The highest BCUT2D eigenvalue weighted by Crippen LogP contribution is 2.20. The Balaban J connectivity index is 2.24. The SMILES string of the molecule is c1csc(-c2nc3ncncn3n2)c1. The summed E-state index contributed by atoms with van der Waals surface area (Å²) in [5, 5.41) is 6.24. The van der Waals surface area contributed by atoms with E-state index in [1.807, 2.05) is 17.5 Å². The lowest BCUT2D eigenvalue weighted by Crippen LogP contribution is -1.90. The Kier molecular flexibility index (Phi) is 1.54. The minimum atomic E-state index is 0.573. The molecular formula is C8H5N5S. The van der Waals surface area contributed by atoms with Crippen molar-refractivity contribution in [3.63, 3.8) is 0 Å². The molecule has 3 aromatic rings. The van der Waals surface area contributed by atoms with Gasteiger partial charge in [0.25, 0.3) is 5.78 Å². The van der Waals surface area contributed by atoms with Gasteiger partial charge in [0.05, 0.1) is 4.88 Å². The number of hydrogen-bond donors (Lipinski definition) is 0. The largest absolute Gasteiger partial charge is 0.255 e.